The highest BCUT2D eigenvalue weighted by molar-refractivity contribution is 7.20. The van der Waals surface area contributed by atoms with Crippen LogP contribution < -0.4 is 5.32 Å². The van der Waals surface area contributed by atoms with E-state index in [2.05, 4.69) is 15.3 Å². The number of nitrogens with zero attached hydrogens (tertiary/aromatic N) is 2. The molecule has 0 bridgehead atoms. The molecule has 2 N–H and O–H groups in total. The highest BCUT2D eigenvalue weighted by atomic mass is 32.1. The molecule has 0 radical (unpaired) electrons. The molecule has 0 atom stereocenters. The zero-order valence-corrected chi connectivity index (χ0v) is 14.9. The maximum absolute atomic E-state index is 12.6. The van der Waals surface area contributed by atoms with Crippen LogP contribution in [0.5, 0.6) is 5.75 Å². The third-order valence-electron chi connectivity index (χ3n) is 3.94. The molecule has 124 valence electrons. The molecule has 0 fully saturated rings. The number of rotatable bonds is 3. The number of benzene rings is 1. The SMILES string of the molecule is CCc1nc(C)c2c(C)c(C(=O)Nc3ccc(C)cc3O)sc2n1. The molecule has 1 aromatic carbocycles. The van der Waals surface area contributed by atoms with Crippen molar-refractivity contribution in [2.45, 2.75) is 34.1 Å². The second-order valence-corrected chi connectivity index (χ2v) is 6.79. The summed E-state index contributed by atoms with van der Waals surface area (Å²) in [6.07, 6.45) is 0.756. The number of hydrogen-bond acceptors (Lipinski definition) is 5. The summed E-state index contributed by atoms with van der Waals surface area (Å²) in [5.74, 6) is 0.600. The van der Waals surface area contributed by atoms with Crippen LogP contribution in [0.3, 0.4) is 0 Å². The lowest BCUT2D eigenvalue weighted by molar-refractivity contribution is 0.102. The first-order valence-electron chi connectivity index (χ1n) is 7.78. The van der Waals surface area contributed by atoms with E-state index in [4.69, 9.17) is 0 Å². The van der Waals surface area contributed by atoms with E-state index in [1.807, 2.05) is 33.8 Å². The van der Waals surface area contributed by atoms with Crippen LogP contribution in [-0.4, -0.2) is 21.0 Å². The van der Waals surface area contributed by atoms with E-state index in [0.717, 1.165) is 39.3 Å². The molecule has 1 amide bonds. The number of phenolic OH excluding ortho intramolecular Hbond substituents is 1. The fraction of sp³-hybridized carbons (Fsp3) is 0.278. The first-order valence-corrected chi connectivity index (χ1v) is 8.60. The Kier molecular flexibility index (Phi) is 4.24. The number of hydrogen-bond donors (Lipinski definition) is 2. The van der Waals surface area contributed by atoms with E-state index in [-0.39, 0.29) is 11.7 Å². The lowest BCUT2D eigenvalue weighted by atomic mass is 10.1. The average molecular weight is 341 g/mol. The van der Waals surface area contributed by atoms with Gasteiger partial charge in [0.25, 0.3) is 5.91 Å². The molecule has 0 aliphatic heterocycles. The summed E-state index contributed by atoms with van der Waals surface area (Å²) in [6, 6.07) is 5.16. The fourth-order valence-electron chi connectivity index (χ4n) is 2.70. The highest BCUT2D eigenvalue weighted by Gasteiger charge is 2.19. The highest BCUT2D eigenvalue weighted by Crippen LogP contribution is 2.33. The number of carbonyl (C=O) groups is 1. The number of fused-ring (bicyclic) bond motifs is 1. The van der Waals surface area contributed by atoms with Crippen LogP contribution in [0.2, 0.25) is 0 Å². The van der Waals surface area contributed by atoms with E-state index in [0.29, 0.717) is 10.6 Å². The molecule has 3 rings (SSSR count). The largest absolute Gasteiger partial charge is 0.506 e. The van der Waals surface area contributed by atoms with Gasteiger partial charge in [-0.15, -0.1) is 11.3 Å². The predicted molar refractivity (Wildman–Crippen MR) is 97.1 cm³/mol. The molecule has 0 spiro atoms. The summed E-state index contributed by atoms with van der Waals surface area (Å²) in [4.78, 5) is 23.1. The van der Waals surface area contributed by atoms with Crippen molar-refractivity contribution in [1.29, 1.82) is 0 Å². The molecule has 6 heteroatoms. The number of aryl methyl sites for hydroxylation is 4. The summed E-state index contributed by atoms with van der Waals surface area (Å²) in [6.45, 7) is 7.74. The van der Waals surface area contributed by atoms with Gasteiger partial charge in [0, 0.05) is 17.5 Å². The first kappa shape index (κ1) is 16.4. The minimum absolute atomic E-state index is 0.0614. The lowest BCUT2D eigenvalue weighted by Crippen LogP contribution is -2.11. The monoisotopic (exact) mass is 341 g/mol. The van der Waals surface area contributed by atoms with Crippen LogP contribution in [0, 0.1) is 20.8 Å². The van der Waals surface area contributed by atoms with Crippen molar-refractivity contribution in [2.24, 2.45) is 0 Å². The van der Waals surface area contributed by atoms with Crippen LogP contribution in [0.25, 0.3) is 10.2 Å². The molecule has 0 aliphatic carbocycles. The molecule has 2 heterocycles. The zero-order valence-electron chi connectivity index (χ0n) is 14.1. The minimum Gasteiger partial charge on any atom is -0.506 e. The van der Waals surface area contributed by atoms with E-state index >= 15 is 0 Å². The van der Waals surface area contributed by atoms with Gasteiger partial charge in [-0.05, 0) is 44.0 Å². The van der Waals surface area contributed by atoms with Crippen molar-refractivity contribution >= 4 is 33.1 Å². The summed E-state index contributed by atoms with van der Waals surface area (Å²) in [5.41, 5.74) is 3.10. The number of carbonyl (C=O) groups excluding carboxylic acids is 1. The second-order valence-electron chi connectivity index (χ2n) is 5.79. The molecular weight excluding hydrogens is 322 g/mol. The Morgan fingerprint density at radius 2 is 2.00 bits per heavy atom. The fourth-order valence-corrected chi connectivity index (χ4v) is 3.84. The topological polar surface area (TPSA) is 75.1 Å². The molecule has 24 heavy (non-hydrogen) atoms. The van der Waals surface area contributed by atoms with Crippen LogP contribution >= 0.6 is 11.3 Å². The average Bonchev–Trinajstić information content (AvgIpc) is 2.87. The van der Waals surface area contributed by atoms with Gasteiger partial charge in [-0.2, -0.15) is 0 Å². The van der Waals surface area contributed by atoms with Crippen molar-refractivity contribution in [2.75, 3.05) is 5.32 Å². The Bertz CT molecular complexity index is 947. The number of aromatic hydroxyl groups is 1. The maximum atomic E-state index is 12.6. The van der Waals surface area contributed by atoms with Gasteiger partial charge in [-0.3, -0.25) is 4.79 Å². The quantitative estimate of drug-likeness (QED) is 0.702. The van der Waals surface area contributed by atoms with Crippen LogP contribution in [0.1, 0.15) is 39.2 Å². The van der Waals surface area contributed by atoms with Gasteiger partial charge in [0.2, 0.25) is 0 Å². The molecule has 0 saturated heterocycles. The van der Waals surface area contributed by atoms with Gasteiger partial charge in [0.15, 0.2) is 0 Å². The molecule has 0 unspecified atom stereocenters. The van der Waals surface area contributed by atoms with Crippen molar-refractivity contribution in [3.05, 3.63) is 45.7 Å². The molecule has 0 saturated carbocycles. The Labute approximate surface area is 144 Å². The predicted octanol–water partition coefficient (Wildman–Crippen LogP) is 4.14. The molecule has 0 aliphatic rings. The lowest BCUT2D eigenvalue weighted by Gasteiger charge is -2.07. The third kappa shape index (κ3) is 2.85. The second kappa shape index (κ2) is 6.20. The van der Waals surface area contributed by atoms with Crippen LogP contribution in [0.15, 0.2) is 18.2 Å². The first-order chi connectivity index (χ1) is 11.4. The Balaban J connectivity index is 2.01. The standard InChI is InChI=1S/C18H19N3O2S/c1-5-14-19-11(4)15-10(3)16(24-18(15)21-14)17(23)20-12-7-6-9(2)8-13(12)22/h6-8,22H,5H2,1-4H3,(H,20,23). The summed E-state index contributed by atoms with van der Waals surface area (Å²) >= 11 is 1.36. The maximum Gasteiger partial charge on any atom is 0.266 e. The van der Waals surface area contributed by atoms with Crippen molar-refractivity contribution in [3.63, 3.8) is 0 Å². The van der Waals surface area contributed by atoms with E-state index in [1.165, 1.54) is 11.3 Å². The van der Waals surface area contributed by atoms with Crippen LogP contribution in [-0.2, 0) is 6.42 Å². The molecule has 2 aromatic heterocycles. The minimum atomic E-state index is -0.243. The summed E-state index contributed by atoms with van der Waals surface area (Å²) in [7, 11) is 0. The van der Waals surface area contributed by atoms with Gasteiger partial charge in [-0.1, -0.05) is 13.0 Å². The van der Waals surface area contributed by atoms with E-state index in [9.17, 15) is 9.90 Å². The number of anilines is 1. The molecular formula is C18H19N3O2S. The van der Waals surface area contributed by atoms with Crippen molar-refractivity contribution in [1.82, 2.24) is 9.97 Å². The number of thiophene rings is 1. The number of nitrogens with one attached hydrogen (secondary N) is 1. The number of amides is 1. The van der Waals surface area contributed by atoms with Gasteiger partial charge >= 0.3 is 0 Å². The van der Waals surface area contributed by atoms with E-state index in [1.54, 1.807) is 12.1 Å². The summed E-state index contributed by atoms with van der Waals surface area (Å²) < 4.78 is 0. The van der Waals surface area contributed by atoms with Gasteiger partial charge < -0.3 is 10.4 Å². The Morgan fingerprint density at radius 3 is 2.67 bits per heavy atom. The Hall–Kier alpha value is -2.47. The third-order valence-corrected chi connectivity index (χ3v) is 5.13. The van der Waals surface area contributed by atoms with Crippen molar-refractivity contribution in [3.8, 4) is 5.75 Å². The number of phenols is 1. The summed E-state index contributed by atoms with van der Waals surface area (Å²) in [5, 5.41) is 13.7. The number of aromatic nitrogens is 2. The van der Waals surface area contributed by atoms with Gasteiger partial charge in [-0.25, -0.2) is 9.97 Å². The molecule has 3 aromatic rings. The van der Waals surface area contributed by atoms with Gasteiger partial charge in [0.1, 0.15) is 16.4 Å². The smallest absolute Gasteiger partial charge is 0.266 e. The zero-order chi connectivity index (χ0) is 17.4. The Morgan fingerprint density at radius 1 is 1.25 bits per heavy atom. The molecule has 5 nitrogen and oxygen atoms in total. The van der Waals surface area contributed by atoms with Crippen LogP contribution in [0.4, 0.5) is 5.69 Å². The van der Waals surface area contributed by atoms with E-state index < -0.39 is 0 Å². The van der Waals surface area contributed by atoms with Gasteiger partial charge in [0.05, 0.1) is 10.6 Å². The normalized spacial score (nSPS) is 11.0. The van der Waals surface area contributed by atoms with Crippen molar-refractivity contribution < 1.29 is 9.90 Å².